The zero-order valence-electron chi connectivity index (χ0n) is 13.2. The molecule has 2 aliphatic rings. The maximum Gasteiger partial charge on any atom is 0.223 e. The number of nitrogens with one attached hydrogen (secondary N) is 1. The summed E-state index contributed by atoms with van der Waals surface area (Å²) in [6, 6.07) is 6.22. The summed E-state index contributed by atoms with van der Waals surface area (Å²) in [4.78, 5) is 16.7. The van der Waals surface area contributed by atoms with Crippen LogP contribution >= 0.6 is 23.2 Å². The van der Waals surface area contributed by atoms with E-state index in [1.54, 1.807) is 0 Å². The van der Waals surface area contributed by atoms with Crippen molar-refractivity contribution in [3.8, 4) is 0 Å². The molecule has 23 heavy (non-hydrogen) atoms. The number of hydrogen-bond acceptors (Lipinski definition) is 3. The monoisotopic (exact) mass is 355 g/mol. The molecule has 0 bridgehead atoms. The van der Waals surface area contributed by atoms with E-state index in [1.165, 1.54) is 5.56 Å². The lowest BCUT2D eigenvalue weighted by Gasteiger charge is -2.29. The third-order valence-corrected chi connectivity index (χ3v) is 5.51. The number of nitrogens with zero attached hydrogens (tertiary/aromatic N) is 2. The Hall–Kier alpha value is -0.810. The van der Waals surface area contributed by atoms with Crippen LogP contribution in [0, 0.1) is 0 Å². The number of amides is 1. The molecule has 1 N–H and O–H groups in total. The van der Waals surface area contributed by atoms with Crippen molar-refractivity contribution in [1.29, 1.82) is 0 Å². The smallest absolute Gasteiger partial charge is 0.223 e. The summed E-state index contributed by atoms with van der Waals surface area (Å²) in [5.41, 5.74) is 1.20. The summed E-state index contributed by atoms with van der Waals surface area (Å²) in [5.74, 6) is 0.270. The van der Waals surface area contributed by atoms with E-state index >= 15 is 0 Å². The van der Waals surface area contributed by atoms with Crippen LogP contribution in [0.2, 0.25) is 10.0 Å². The van der Waals surface area contributed by atoms with Crippen LogP contribution in [-0.2, 0) is 4.79 Å². The van der Waals surface area contributed by atoms with Crippen molar-refractivity contribution in [2.45, 2.75) is 25.3 Å². The van der Waals surface area contributed by atoms with Gasteiger partial charge in [0, 0.05) is 45.2 Å². The van der Waals surface area contributed by atoms with Gasteiger partial charge in [0.1, 0.15) is 0 Å². The Balaban J connectivity index is 1.58. The Morgan fingerprint density at radius 3 is 2.70 bits per heavy atom. The van der Waals surface area contributed by atoms with Crippen LogP contribution < -0.4 is 5.32 Å². The SMILES string of the molecule is O=C(CCN1CCCC1c1ccc(Cl)c(Cl)c1)N1CCNCC1. The Bertz CT molecular complexity index is 561. The van der Waals surface area contributed by atoms with Crippen molar-refractivity contribution in [3.63, 3.8) is 0 Å². The lowest BCUT2D eigenvalue weighted by Crippen LogP contribution is -2.47. The van der Waals surface area contributed by atoms with E-state index in [9.17, 15) is 4.79 Å². The van der Waals surface area contributed by atoms with Crippen molar-refractivity contribution in [1.82, 2.24) is 15.1 Å². The van der Waals surface area contributed by atoms with E-state index in [1.807, 2.05) is 17.0 Å². The molecule has 4 nitrogen and oxygen atoms in total. The van der Waals surface area contributed by atoms with Crippen molar-refractivity contribution in [2.24, 2.45) is 0 Å². The molecule has 1 unspecified atom stereocenters. The van der Waals surface area contributed by atoms with E-state index < -0.39 is 0 Å². The second kappa shape index (κ2) is 7.84. The second-order valence-corrected chi connectivity index (χ2v) is 7.06. The lowest BCUT2D eigenvalue weighted by molar-refractivity contribution is -0.132. The number of carbonyl (C=O) groups excluding carboxylic acids is 1. The second-order valence-electron chi connectivity index (χ2n) is 6.25. The van der Waals surface area contributed by atoms with Gasteiger partial charge in [-0.2, -0.15) is 0 Å². The van der Waals surface area contributed by atoms with Crippen molar-refractivity contribution in [3.05, 3.63) is 33.8 Å². The maximum absolute atomic E-state index is 12.3. The normalized spacial score (nSPS) is 22.5. The summed E-state index contributed by atoms with van der Waals surface area (Å²) < 4.78 is 0. The van der Waals surface area contributed by atoms with Crippen molar-refractivity contribution >= 4 is 29.1 Å². The highest BCUT2D eigenvalue weighted by atomic mass is 35.5. The molecule has 2 saturated heterocycles. The molecular formula is C17H23Cl2N3O. The van der Waals surface area contributed by atoms with Gasteiger partial charge in [-0.25, -0.2) is 0 Å². The molecule has 126 valence electrons. The van der Waals surface area contributed by atoms with Gasteiger partial charge in [0.05, 0.1) is 10.0 Å². The average Bonchev–Trinajstić information content (AvgIpc) is 3.04. The first-order chi connectivity index (χ1) is 11.1. The fourth-order valence-electron chi connectivity index (χ4n) is 3.50. The van der Waals surface area contributed by atoms with Gasteiger partial charge in [-0.05, 0) is 37.1 Å². The van der Waals surface area contributed by atoms with Crippen LogP contribution in [0.5, 0.6) is 0 Å². The van der Waals surface area contributed by atoms with Crippen LogP contribution in [0.15, 0.2) is 18.2 Å². The highest BCUT2D eigenvalue weighted by molar-refractivity contribution is 6.42. The molecule has 6 heteroatoms. The predicted octanol–water partition coefficient (Wildman–Crippen LogP) is 2.95. The van der Waals surface area contributed by atoms with E-state index in [4.69, 9.17) is 23.2 Å². The number of carbonyl (C=O) groups is 1. The minimum absolute atomic E-state index is 0.270. The van der Waals surface area contributed by atoms with Gasteiger partial charge in [-0.1, -0.05) is 29.3 Å². The number of piperazine rings is 1. The molecule has 0 aliphatic carbocycles. The molecule has 0 radical (unpaired) electrons. The van der Waals surface area contributed by atoms with Crippen molar-refractivity contribution in [2.75, 3.05) is 39.3 Å². The first kappa shape index (κ1) is 17.0. The highest BCUT2D eigenvalue weighted by Gasteiger charge is 2.27. The van der Waals surface area contributed by atoms with Gasteiger partial charge in [0.15, 0.2) is 0 Å². The zero-order valence-corrected chi connectivity index (χ0v) is 14.7. The van der Waals surface area contributed by atoms with Crippen LogP contribution in [0.3, 0.4) is 0 Å². The third kappa shape index (κ3) is 4.18. The number of hydrogen-bond donors (Lipinski definition) is 1. The van der Waals surface area contributed by atoms with E-state index in [0.717, 1.165) is 52.1 Å². The first-order valence-corrected chi connectivity index (χ1v) is 9.08. The third-order valence-electron chi connectivity index (χ3n) is 4.77. The molecule has 2 fully saturated rings. The Kier molecular flexibility index (Phi) is 5.81. The van der Waals surface area contributed by atoms with Gasteiger partial charge in [0.2, 0.25) is 5.91 Å². The number of likely N-dealkylation sites (tertiary alicyclic amines) is 1. The molecule has 2 aliphatic heterocycles. The Morgan fingerprint density at radius 1 is 1.17 bits per heavy atom. The summed E-state index contributed by atoms with van der Waals surface area (Å²) in [6.07, 6.45) is 2.87. The van der Waals surface area contributed by atoms with E-state index in [-0.39, 0.29) is 5.91 Å². The van der Waals surface area contributed by atoms with Gasteiger partial charge >= 0.3 is 0 Å². The van der Waals surface area contributed by atoms with Crippen LogP contribution in [0.25, 0.3) is 0 Å². The summed E-state index contributed by atoms with van der Waals surface area (Å²) in [7, 11) is 0. The summed E-state index contributed by atoms with van der Waals surface area (Å²) in [6.45, 7) is 5.32. The maximum atomic E-state index is 12.3. The topological polar surface area (TPSA) is 35.6 Å². The molecule has 1 aromatic carbocycles. The van der Waals surface area contributed by atoms with Gasteiger partial charge in [-0.3, -0.25) is 9.69 Å². The number of benzene rings is 1. The highest BCUT2D eigenvalue weighted by Crippen LogP contribution is 2.34. The van der Waals surface area contributed by atoms with Crippen LogP contribution in [0.4, 0.5) is 0 Å². The Morgan fingerprint density at radius 2 is 1.96 bits per heavy atom. The molecule has 1 amide bonds. The zero-order chi connectivity index (χ0) is 16.2. The summed E-state index contributed by atoms with van der Waals surface area (Å²) >= 11 is 12.2. The predicted molar refractivity (Wildman–Crippen MR) is 94.1 cm³/mol. The minimum atomic E-state index is 0.270. The Labute approximate surface area is 147 Å². The molecule has 0 saturated carbocycles. The average molecular weight is 356 g/mol. The molecule has 0 aromatic heterocycles. The number of rotatable bonds is 4. The van der Waals surface area contributed by atoms with Crippen LogP contribution in [-0.4, -0.2) is 55.0 Å². The standard InChI is InChI=1S/C17H23Cl2N3O/c18-14-4-3-13(12-15(14)19)16-2-1-8-21(16)9-5-17(23)22-10-6-20-7-11-22/h3-4,12,16,20H,1-2,5-11H2. The van der Waals surface area contributed by atoms with E-state index in [0.29, 0.717) is 22.5 Å². The largest absolute Gasteiger partial charge is 0.340 e. The van der Waals surface area contributed by atoms with Gasteiger partial charge in [-0.15, -0.1) is 0 Å². The van der Waals surface area contributed by atoms with Crippen molar-refractivity contribution < 1.29 is 4.79 Å². The minimum Gasteiger partial charge on any atom is -0.340 e. The summed E-state index contributed by atoms with van der Waals surface area (Å²) in [5, 5.41) is 4.47. The van der Waals surface area contributed by atoms with Crippen LogP contribution in [0.1, 0.15) is 30.9 Å². The molecular weight excluding hydrogens is 333 g/mol. The van der Waals surface area contributed by atoms with Gasteiger partial charge < -0.3 is 10.2 Å². The lowest BCUT2D eigenvalue weighted by atomic mass is 10.0. The molecule has 1 aromatic rings. The number of halogens is 2. The molecule has 3 rings (SSSR count). The first-order valence-electron chi connectivity index (χ1n) is 8.32. The molecule has 1 atom stereocenters. The quantitative estimate of drug-likeness (QED) is 0.901. The fourth-order valence-corrected chi connectivity index (χ4v) is 3.81. The fraction of sp³-hybridized carbons (Fsp3) is 0.588. The van der Waals surface area contributed by atoms with Gasteiger partial charge in [0.25, 0.3) is 0 Å². The van der Waals surface area contributed by atoms with E-state index in [2.05, 4.69) is 16.3 Å². The molecule has 2 heterocycles. The molecule has 0 spiro atoms.